The summed E-state index contributed by atoms with van der Waals surface area (Å²) in [5.41, 5.74) is 0.582. The van der Waals surface area contributed by atoms with Gasteiger partial charge in [-0.2, -0.15) is 5.10 Å². The average Bonchev–Trinajstić information content (AvgIpc) is 3.12. The maximum absolute atomic E-state index is 13.4. The third-order valence-corrected chi connectivity index (χ3v) is 6.17. The quantitative estimate of drug-likeness (QED) is 0.756. The Labute approximate surface area is 179 Å². The van der Waals surface area contributed by atoms with E-state index in [-0.39, 0.29) is 36.0 Å². The fourth-order valence-electron chi connectivity index (χ4n) is 4.73. The maximum atomic E-state index is 13.4. The first-order chi connectivity index (χ1) is 14.2. The lowest BCUT2D eigenvalue weighted by Crippen LogP contribution is -2.58. The van der Waals surface area contributed by atoms with Gasteiger partial charge in [0.15, 0.2) is 0 Å². The SMILES string of the molecule is CC1CN(C(C(=O)N2CCC(CNC(=O)c3cnn(C)c3)CC2)C(C)C)CC(C)O1. The molecule has 168 valence electrons. The van der Waals surface area contributed by atoms with Gasteiger partial charge in [0.25, 0.3) is 5.91 Å². The van der Waals surface area contributed by atoms with E-state index in [1.807, 2.05) is 4.90 Å². The van der Waals surface area contributed by atoms with Crippen LogP contribution in [-0.4, -0.2) is 82.4 Å². The molecule has 30 heavy (non-hydrogen) atoms. The van der Waals surface area contributed by atoms with Crippen LogP contribution in [0.1, 0.15) is 50.9 Å². The number of carbonyl (C=O) groups is 2. The second-order valence-electron chi connectivity index (χ2n) is 9.28. The van der Waals surface area contributed by atoms with Crippen LogP contribution in [0.2, 0.25) is 0 Å². The molecular formula is C22H37N5O3. The lowest BCUT2D eigenvalue weighted by molar-refractivity contribution is -0.146. The fraction of sp³-hybridized carbons (Fsp3) is 0.773. The summed E-state index contributed by atoms with van der Waals surface area (Å²) >= 11 is 0. The Hall–Kier alpha value is -1.93. The lowest BCUT2D eigenvalue weighted by Gasteiger charge is -2.43. The van der Waals surface area contributed by atoms with Crippen molar-refractivity contribution in [2.24, 2.45) is 18.9 Å². The summed E-state index contributed by atoms with van der Waals surface area (Å²) in [7, 11) is 1.80. The van der Waals surface area contributed by atoms with Crippen LogP contribution in [0.3, 0.4) is 0 Å². The summed E-state index contributed by atoms with van der Waals surface area (Å²) in [5, 5.41) is 7.05. The molecular weight excluding hydrogens is 382 g/mol. The van der Waals surface area contributed by atoms with Gasteiger partial charge in [0.1, 0.15) is 0 Å². The normalized spacial score (nSPS) is 24.8. The van der Waals surface area contributed by atoms with Crippen molar-refractivity contribution in [2.45, 2.75) is 58.8 Å². The van der Waals surface area contributed by atoms with E-state index in [2.05, 4.69) is 43.0 Å². The van der Waals surface area contributed by atoms with Crippen LogP contribution in [0.25, 0.3) is 0 Å². The zero-order valence-corrected chi connectivity index (χ0v) is 19.0. The summed E-state index contributed by atoms with van der Waals surface area (Å²) < 4.78 is 7.48. The molecule has 1 aromatic heterocycles. The highest BCUT2D eigenvalue weighted by Gasteiger charge is 2.37. The highest BCUT2D eigenvalue weighted by Crippen LogP contribution is 2.23. The average molecular weight is 420 g/mol. The summed E-state index contributed by atoms with van der Waals surface area (Å²) in [6.07, 6.45) is 5.43. The van der Waals surface area contributed by atoms with Gasteiger partial charge in [-0.3, -0.25) is 19.2 Å². The molecule has 2 amide bonds. The molecule has 8 nitrogen and oxygen atoms in total. The molecule has 1 aromatic rings. The summed E-state index contributed by atoms with van der Waals surface area (Å²) in [4.78, 5) is 29.9. The Morgan fingerprint density at radius 3 is 2.37 bits per heavy atom. The highest BCUT2D eigenvalue weighted by molar-refractivity contribution is 5.93. The molecule has 3 atom stereocenters. The van der Waals surface area contributed by atoms with Gasteiger partial charge in [0.2, 0.25) is 5.91 Å². The van der Waals surface area contributed by atoms with E-state index in [0.717, 1.165) is 39.0 Å². The van der Waals surface area contributed by atoms with Gasteiger partial charge in [-0.25, -0.2) is 0 Å². The number of aromatic nitrogens is 2. The fourth-order valence-corrected chi connectivity index (χ4v) is 4.73. The van der Waals surface area contributed by atoms with Crippen LogP contribution >= 0.6 is 0 Å². The Morgan fingerprint density at radius 1 is 1.20 bits per heavy atom. The molecule has 3 rings (SSSR count). The zero-order chi connectivity index (χ0) is 21.8. The van der Waals surface area contributed by atoms with Crippen LogP contribution in [0.15, 0.2) is 12.4 Å². The van der Waals surface area contributed by atoms with Crippen molar-refractivity contribution in [2.75, 3.05) is 32.7 Å². The molecule has 0 aromatic carbocycles. The maximum Gasteiger partial charge on any atom is 0.254 e. The first-order valence-electron chi connectivity index (χ1n) is 11.2. The van der Waals surface area contributed by atoms with Crippen LogP contribution in [0, 0.1) is 11.8 Å². The number of carbonyl (C=O) groups excluding carboxylic acids is 2. The van der Waals surface area contributed by atoms with E-state index < -0.39 is 0 Å². The van der Waals surface area contributed by atoms with Gasteiger partial charge in [-0.1, -0.05) is 13.8 Å². The van der Waals surface area contributed by atoms with Gasteiger partial charge < -0.3 is 15.0 Å². The predicted molar refractivity (Wildman–Crippen MR) is 115 cm³/mol. The molecule has 0 spiro atoms. The summed E-state index contributed by atoms with van der Waals surface area (Å²) in [6.45, 7) is 12.2. The number of rotatable bonds is 6. The van der Waals surface area contributed by atoms with Crippen molar-refractivity contribution < 1.29 is 14.3 Å². The molecule has 0 bridgehead atoms. The van der Waals surface area contributed by atoms with Crippen molar-refractivity contribution >= 4 is 11.8 Å². The topological polar surface area (TPSA) is 79.7 Å². The molecule has 1 N–H and O–H groups in total. The molecule has 2 fully saturated rings. The largest absolute Gasteiger partial charge is 0.373 e. The number of nitrogens with one attached hydrogen (secondary N) is 1. The van der Waals surface area contributed by atoms with E-state index in [1.165, 1.54) is 0 Å². The molecule has 0 saturated carbocycles. The summed E-state index contributed by atoms with van der Waals surface area (Å²) in [5.74, 6) is 0.809. The number of aryl methyl sites for hydroxylation is 1. The minimum Gasteiger partial charge on any atom is -0.373 e. The number of hydrogen-bond acceptors (Lipinski definition) is 5. The first-order valence-corrected chi connectivity index (χ1v) is 11.2. The van der Waals surface area contributed by atoms with Crippen molar-refractivity contribution in [3.05, 3.63) is 18.0 Å². The number of piperidine rings is 1. The van der Waals surface area contributed by atoms with Crippen molar-refractivity contribution in [1.82, 2.24) is 24.9 Å². The highest BCUT2D eigenvalue weighted by atomic mass is 16.5. The number of amides is 2. The third-order valence-electron chi connectivity index (χ3n) is 6.17. The van der Waals surface area contributed by atoms with Crippen molar-refractivity contribution in [1.29, 1.82) is 0 Å². The van der Waals surface area contributed by atoms with Crippen LogP contribution < -0.4 is 5.32 Å². The smallest absolute Gasteiger partial charge is 0.254 e. The molecule has 2 aliphatic heterocycles. The van der Waals surface area contributed by atoms with Crippen LogP contribution in [-0.2, 0) is 16.6 Å². The number of likely N-dealkylation sites (tertiary alicyclic amines) is 1. The molecule has 0 radical (unpaired) electrons. The van der Waals surface area contributed by atoms with Gasteiger partial charge >= 0.3 is 0 Å². The molecule has 8 heteroatoms. The van der Waals surface area contributed by atoms with Crippen LogP contribution in [0.5, 0.6) is 0 Å². The van der Waals surface area contributed by atoms with Crippen molar-refractivity contribution in [3.8, 4) is 0 Å². The van der Waals surface area contributed by atoms with E-state index in [1.54, 1.807) is 24.1 Å². The Kier molecular flexibility index (Phi) is 7.52. The van der Waals surface area contributed by atoms with Gasteiger partial charge in [0, 0.05) is 46.0 Å². The second kappa shape index (κ2) is 9.92. The minimum absolute atomic E-state index is 0.0861. The minimum atomic E-state index is -0.0966. The molecule has 2 aliphatic rings. The first kappa shape index (κ1) is 22.7. The van der Waals surface area contributed by atoms with E-state index in [0.29, 0.717) is 18.0 Å². The summed E-state index contributed by atoms with van der Waals surface area (Å²) in [6, 6.07) is -0.0966. The van der Waals surface area contributed by atoms with E-state index >= 15 is 0 Å². The number of hydrogen-bond donors (Lipinski definition) is 1. The predicted octanol–water partition coefficient (Wildman–Crippen LogP) is 1.52. The monoisotopic (exact) mass is 419 g/mol. The lowest BCUT2D eigenvalue weighted by atomic mass is 9.94. The molecule has 3 heterocycles. The Balaban J connectivity index is 1.50. The third kappa shape index (κ3) is 5.60. The second-order valence-corrected chi connectivity index (χ2v) is 9.28. The van der Waals surface area contributed by atoms with E-state index in [9.17, 15) is 9.59 Å². The number of nitrogens with zero attached hydrogens (tertiary/aromatic N) is 4. The van der Waals surface area contributed by atoms with Crippen molar-refractivity contribution in [3.63, 3.8) is 0 Å². The Morgan fingerprint density at radius 2 is 1.83 bits per heavy atom. The number of morpholine rings is 1. The van der Waals surface area contributed by atoms with E-state index in [4.69, 9.17) is 4.74 Å². The molecule has 0 aliphatic carbocycles. The zero-order valence-electron chi connectivity index (χ0n) is 19.0. The number of ether oxygens (including phenoxy) is 1. The van der Waals surface area contributed by atoms with Gasteiger partial charge in [-0.15, -0.1) is 0 Å². The molecule has 2 saturated heterocycles. The van der Waals surface area contributed by atoms with Crippen LogP contribution in [0.4, 0.5) is 0 Å². The van der Waals surface area contributed by atoms with Gasteiger partial charge in [-0.05, 0) is 38.5 Å². The van der Waals surface area contributed by atoms with Gasteiger partial charge in [0.05, 0.1) is 30.0 Å². The molecule has 3 unspecified atom stereocenters. The Bertz CT molecular complexity index is 716. The standard InChI is InChI=1S/C22H37N5O3/c1-15(2)20(27-12-16(3)30-17(4)13-27)22(29)26-8-6-18(7-9-26)10-23-21(28)19-11-24-25(5)14-19/h11,14-18,20H,6-10,12-13H2,1-5H3,(H,23,28).